The summed E-state index contributed by atoms with van der Waals surface area (Å²) in [4.78, 5) is 25.3. The molecule has 0 heterocycles. The Morgan fingerprint density at radius 2 is 1.56 bits per heavy atom. The van der Waals surface area contributed by atoms with E-state index in [1.165, 1.54) is 0 Å². The zero-order valence-electron chi connectivity index (χ0n) is 17.0. The van der Waals surface area contributed by atoms with Crippen LogP contribution in [0.2, 0.25) is 5.02 Å². The van der Waals surface area contributed by atoms with Crippen LogP contribution in [0.25, 0.3) is 0 Å². The molecule has 0 fully saturated rings. The molecule has 0 radical (unpaired) electrons. The fraction of sp³-hybridized carbons (Fsp3) is 0.125. The summed E-state index contributed by atoms with van der Waals surface area (Å²) in [5.41, 5.74) is 7.06. The molecule has 3 rings (SSSR count). The van der Waals surface area contributed by atoms with Gasteiger partial charge in [0.2, 0.25) is 0 Å². The molecule has 0 spiro atoms. The van der Waals surface area contributed by atoms with Gasteiger partial charge in [-0.25, -0.2) is 0 Å². The van der Waals surface area contributed by atoms with Gasteiger partial charge >= 0.3 is 0 Å². The zero-order valence-corrected chi connectivity index (χ0v) is 18.6. The molecule has 0 bridgehead atoms. The summed E-state index contributed by atoms with van der Waals surface area (Å²) in [7, 11) is 0. The Morgan fingerprint density at radius 1 is 0.906 bits per heavy atom. The van der Waals surface area contributed by atoms with Gasteiger partial charge in [0.05, 0.1) is 12.5 Å². The number of rotatable bonds is 8. The number of nitriles is 1. The lowest BCUT2D eigenvalue weighted by Gasteiger charge is -2.09. The molecule has 32 heavy (non-hydrogen) atoms. The molecular weight excluding hydrogens is 446 g/mol. The van der Waals surface area contributed by atoms with Crippen LogP contribution in [-0.2, 0) is 17.0 Å². The summed E-state index contributed by atoms with van der Waals surface area (Å²) in [6.45, 7) is -0.251. The van der Waals surface area contributed by atoms with Crippen molar-refractivity contribution in [2.45, 2.75) is 17.1 Å². The van der Waals surface area contributed by atoms with Crippen LogP contribution < -0.4 is 15.6 Å². The van der Waals surface area contributed by atoms with Crippen LogP contribution in [0.3, 0.4) is 0 Å². The smallest absolute Gasteiger partial charge is 0.276 e. The minimum atomic E-state index is -0.490. The highest BCUT2D eigenvalue weighted by Gasteiger charge is 2.08. The second kappa shape index (κ2) is 11.8. The summed E-state index contributed by atoms with van der Waals surface area (Å²) < 4.78 is 5.37. The van der Waals surface area contributed by atoms with Crippen molar-refractivity contribution in [3.63, 3.8) is 0 Å². The Morgan fingerprint density at radius 3 is 2.22 bits per heavy atom. The van der Waals surface area contributed by atoms with Crippen molar-refractivity contribution >= 4 is 35.2 Å². The maximum absolute atomic E-state index is 12.2. The van der Waals surface area contributed by atoms with E-state index in [0.29, 0.717) is 22.8 Å². The van der Waals surface area contributed by atoms with Gasteiger partial charge in [0.25, 0.3) is 11.8 Å². The Labute approximate surface area is 195 Å². The lowest BCUT2D eigenvalue weighted by Crippen LogP contribution is -2.43. The quantitative estimate of drug-likeness (QED) is 0.376. The second-order valence-electron chi connectivity index (χ2n) is 6.71. The second-order valence-corrected chi connectivity index (χ2v) is 8.19. The molecule has 0 aliphatic carbocycles. The molecule has 3 aromatic carbocycles. The van der Waals surface area contributed by atoms with Gasteiger partial charge in [0, 0.05) is 21.2 Å². The van der Waals surface area contributed by atoms with Crippen LogP contribution in [0.1, 0.15) is 21.5 Å². The van der Waals surface area contributed by atoms with Gasteiger partial charge < -0.3 is 4.74 Å². The van der Waals surface area contributed by atoms with E-state index >= 15 is 0 Å². The number of amides is 2. The maximum atomic E-state index is 12.2. The molecule has 3 aromatic rings. The van der Waals surface area contributed by atoms with Gasteiger partial charge in [0.1, 0.15) is 5.75 Å². The van der Waals surface area contributed by atoms with E-state index in [1.807, 2.05) is 36.4 Å². The zero-order chi connectivity index (χ0) is 22.8. The molecule has 0 aromatic heterocycles. The molecule has 2 amide bonds. The largest absolute Gasteiger partial charge is 0.484 e. The van der Waals surface area contributed by atoms with E-state index in [0.717, 1.165) is 21.8 Å². The number of hydrazine groups is 1. The van der Waals surface area contributed by atoms with Gasteiger partial charge in [-0.2, -0.15) is 5.26 Å². The van der Waals surface area contributed by atoms with Crippen molar-refractivity contribution in [2.24, 2.45) is 0 Å². The molecule has 8 heteroatoms. The van der Waals surface area contributed by atoms with Crippen molar-refractivity contribution in [1.82, 2.24) is 10.9 Å². The Bertz CT molecular complexity index is 1100. The van der Waals surface area contributed by atoms with E-state index < -0.39 is 11.8 Å². The average Bonchev–Trinajstić information content (AvgIpc) is 2.82. The number of benzene rings is 3. The fourth-order valence-electron chi connectivity index (χ4n) is 2.63. The minimum Gasteiger partial charge on any atom is -0.484 e. The fourth-order valence-corrected chi connectivity index (χ4v) is 3.61. The lowest BCUT2D eigenvalue weighted by molar-refractivity contribution is -0.123. The molecule has 0 saturated heterocycles. The molecule has 0 atom stereocenters. The van der Waals surface area contributed by atoms with Crippen molar-refractivity contribution in [3.05, 3.63) is 94.5 Å². The summed E-state index contributed by atoms with van der Waals surface area (Å²) in [5.74, 6) is 0.349. The number of hydrogen-bond donors (Lipinski definition) is 2. The number of nitrogens with zero attached hydrogens (tertiary/aromatic N) is 1. The van der Waals surface area contributed by atoms with Crippen molar-refractivity contribution in [3.8, 4) is 11.8 Å². The third kappa shape index (κ3) is 7.34. The first-order chi connectivity index (χ1) is 15.5. The van der Waals surface area contributed by atoms with Crippen LogP contribution in [-0.4, -0.2) is 18.4 Å². The van der Waals surface area contributed by atoms with Crippen molar-refractivity contribution in [1.29, 1.82) is 5.26 Å². The highest BCUT2D eigenvalue weighted by Crippen LogP contribution is 2.24. The number of thioether (sulfide) groups is 1. The average molecular weight is 466 g/mol. The van der Waals surface area contributed by atoms with Crippen molar-refractivity contribution < 1.29 is 14.3 Å². The van der Waals surface area contributed by atoms with Crippen LogP contribution in [0, 0.1) is 11.3 Å². The molecule has 162 valence electrons. The topological polar surface area (TPSA) is 91.2 Å². The molecule has 0 unspecified atom stereocenters. The number of ether oxygens (including phenoxy) is 1. The summed E-state index contributed by atoms with van der Waals surface area (Å²) in [6, 6.07) is 23.7. The predicted octanol–water partition coefficient (Wildman–Crippen LogP) is 4.54. The number of carbonyl (C=O) groups is 2. The van der Waals surface area contributed by atoms with E-state index in [2.05, 4.69) is 16.9 Å². The molecule has 6 nitrogen and oxygen atoms in total. The Balaban J connectivity index is 1.40. The van der Waals surface area contributed by atoms with Crippen LogP contribution >= 0.6 is 23.4 Å². The predicted molar refractivity (Wildman–Crippen MR) is 124 cm³/mol. The van der Waals surface area contributed by atoms with Crippen molar-refractivity contribution in [2.75, 3.05) is 6.61 Å². The number of hydrogen-bond acceptors (Lipinski definition) is 5. The SMILES string of the molecule is N#CCc1ccc(OCC(=O)NNC(=O)c2ccc(CSc3ccc(Cl)cc3)cc2)cc1. The molecule has 0 aliphatic rings. The Kier molecular flexibility index (Phi) is 8.55. The Hall–Kier alpha value is -3.47. The molecule has 0 aliphatic heterocycles. The van der Waals surface area contributed by atoms with Crippen LogP contribution in [0.4, 0.5) is 0 Å². The number of halogens is 1. The van der Waals surface area contributed by atoms with E-state index in [1.54, 1.807) is 48.2 Å². The first-order valence-electron chi connectivity index (χ1n) is 9.68. The van der Waals surface area contributed by atoms with E-state index in [4.69, 9.17) is 21.6 Å². The maximum Gasteiger partial charge on any atom is 0.276 e. The molecule has 2 N–H and O–H groups in total. The number of nitrogens with one attached hydrogen (secondary N) is 2. The standard InChI is InChI=1S/C24H20ClN3O3S/c25-20-7-11-22(12-8-20)32-16-18-1-5-19(6-2-18)24(30)28-27-23(29)15-31-21-9-3-17(4-10-21)13-14-26/h1-12H,13,15-16H2,(H,27,29)(H,28,30). The lowest BCUT2D eigenvalue weighted by atomic mass is 10.1. The highest BCUT2D eigenvalue weighted by molar-refractivity contribution is 7.98. The van der Waals surface area contributed by atoms with E-state index in [9.17, 15) is 9.59 Å². The van der Waals surface area contributed by atoms with Crippen LogP contribution in [0.15, 0.2) is 77.7 Å². The number of carbonyl (C=O) groups excluding carboxylic acids is 2. The normalized spacial score (nSPS) is 10.1. The highest BCUT2D eigenvalue weighted by atomic mass is 35.5. The van der Waals surface area contributed by atoms with Gasteiger partial charge in [-0.05, 0) is 59.7 Å². The van der Waals surface area contributed by atoms with E-state index in [-0.39, 0.29) is 6.61 Å². The third-order valence-corrected chi connectivity index (χ3v) is 5.66. The van der Waals surface area contributed by atoms with Gasteiger partial charge in [-0.3, -0.25) is 20.4 Å². The molecule has 0 saturated carbocycles. The third-order valence-electron chi connectivity index (χ3n) is 4.33. The summed E-state index contributed by atoms with van der Waals surface area (Å²) in [5, 5.41) is 9.37. The summed E-state index contributed by atoms with van der Waals surface area (Å²) >= 11 is 7.57. The first-order valence-corrected chi connectivity index (χ1v) is 11.0. The minimum absolute atomic E-state index is 0.251. The first kappa shape index (κ1) is 23.2. The monoisotopic (exact) mass is 465 g/mol. The van der Waals surface area contributed by atoms with Gasteiger partial charge in [0.15, 0.2) is 6.61 Å². The van der Waals surface area contributed by atoms with Gasteiger partial charge in [-0.15, -0.1) is 11.8 Å². The summed E-state index contributed by atoms with van der Waals surface area (Å²) in [6.07, 6.45) is 0.314. The van der Waals surface area contributed by atoms with Crippen LogP contribution in [0.5, 0.6) is 5.75 Å². The molecular formula is C24H20ClN3O3S. The van der Waals surface area contributed by atoms with Gasteiger partial charge in [-0.1, -0.05) is 35.9 Å².